The number of hydrogen-bond donors (Lipinski definition) is 2. The number of benzene rings is 5. The average molecular weight is 667 g/mol. The normalized spacial score (nSPS) is 11.8. The van der Waals surface area contributed by atoms with Gasteiger partial charge in [0.2, 0.25) is 0 Å². The maximum absolute atomic E-state index is 11.9. The van der Waals surface area contributed by atoms with Crippen molar-refractivity contribution >= 4 is 23.7 Å². The molecular formula is C41H39ClN6O. The Bertz CT molecular complexity index is 1930. The molecule has 4 N–H and O–H groups in total. The van der Waals surface area contributed by atoms with Crippen LogP contribution >= 0.6 is 11.6 Å². The van der Waals surface area contributed by atoms with Crippen molar-refractivity contribution in [2.75, 3.05) is 0 Å². The molecule has 0 aliphatic rings. The fourth-order valence-corrected chi connectivity index (χ4v) is 6.82. The molecule has 1 aromatic heterocycles. The highest BCUT2D eigenvalue weighted by Gasteiger charge is 2.43. The van der Waals surface area contributed by atoms with Crippen LogP contribution in [0, 0.1) is 0 Å². The molecule has 0 atom stereocenters. The zero-order valence-corrected chi connectivity index (χ0v) is 28.2. The molecule has 0 spiro atoms. The van der Waals surface area contributed by atoms with Crippen molar-refractivity contribution in [1.82, 2.24) is 14.6 Å². The van der Waals surface area contributed by atoms with Crippen LogP contribution in [0.4, 0.5) is 0 Å². The van der Waals surface area contributed by atoms with Crippen LogP contribution in [0.1, 0.15) is 63.9 Å². The lowest BCUT2D eigenvalue weighted by atomic mass is 9.76. The summed E-state index contributed by atoms with van der Waals surface area (Å²) >= 11 is 6.34. The number of hydrazone groups is 1. The number of hydrazine groups is 1. The minimum absolute atomic E-state index is 0.240. The van der Waals surface area contributed by atoms with Crippen LogP contribution in [-0.2, 0) is 18.5 Å². The second kappa shape index (κ2) is 15.2. The number of nitrogens with two attached hydrogens (primary N) is 2. The Morgan fingerprint density at radius 2 is 1.35 bits per heavy atom. The summed E-state index contributed by atoms with van der Waals surface area (Å²) in [6.45, 7) is 2.61. The number of amidine groups is 1. The van der Waals surface area contributed by atoms with E-state index in [0.29, 0.717) is 18.1 Å². The van der Waals surface area contributed by atoms with Crippen molar-refractivity contribution in [3.8, 4) is 11.1 Å². The van der Waals surface area contributed by atoms with Gasteiger partial charge in [-0.25, -0.2) is 10.8 Å². The van der Waals surface area contributed by atoms with Gasteiger partial charge in [0.15, 0.2) is 17.3 Å². The van der Waals surface area contributed by atoms with E-state index in [2.05, 4.69) is 77.7 Å². The quantitative estimate of drug-likeness (QED) is 0.0342. The first-order chi connectivity index (χ1) is 24.0. The number of rotatable bonds is 12. The number of halogens is 1. The minimum atomic E-state index is -0.975. The Morgan fingerprint density at radius 1 is 0.816 bits per heavy atom. The molecule has 246 valence electrons. The maximum Gasteiger partial charge on any atom is 0.171 e. The van der Waals surface area contributed by atoms with Crippen molar-refractivity contribution < 1.29 is 4.79 Å². The van der Waals surface area contributed by atoms with Crippen molar-refractivity contribution in [1.29, 1.82) is 0 Å². The molecule has 6 aromatic rings. The number of nitrogens with zero attached hydrogens (tertiary/aromatic N) is 4. The van der Waals surface area contributed by atoms with Crippen LogP contribution in [0.2, 0.25) is 5.15 Å². The van der Waals surface area contributed by atoms with Crippen molar-refractivity contribution in [3.05, 3.63) is 184 Å². The molecule has 7 nitrogen and oxygen atoms in total. The van der Waals surface area contributed by atoms with Gasteiger partial charge in [-0.05, 0) is 39.8 Å². The molecule has 6 rings (SSSR count). The highest BCUT2D eigenvalue weighted by atomic mass is 35.5. The second-order valence-electron chi connectivity index (χ2n) is 11.9. The number of aryl methyl sites for hydroxylation is 1. The smallest absolute Gasteiger partial charge is 0.171 e. The summed E-state index contributed by atoms with van der Waals surface area (Å²) in [5.74, 6) is 14.9. The van der Waals surface area contributed by atoms with Gasteiger partial charge in [-0.1, -0.05) is 164 Å². The van der Waals surface area contributed by atoms with Crippen LogP contribution in [0.25, 0.3) is 11.1 Å². The Kier molecular flexibility index (Phi) is 10.3. The summed E-state index contributed by atoms with van der Waals surface area (Å²) < 4.78 is 1.91. The van der Waals surface area contributed by atoms with Crippen molar-refractivity contribution in [2.45, 2.75) is 38.3 Å². The first-order valence-corrected chi connectivity index (χ1v) is 16.8. The number of aromatic nitrogens is 2. The largest absolute Gasteiger partial charge is 0.321 e. The van der Waals surface area contributed by atoms with E-state index in [-0.39, 0.29) is 5.15 Å². The lowest BCUT2D eigenvalue weighted by molar-refractivity contribution is 0.111. The molecule has 0 aliphatic heterocycles. The molecule has 0 amide bonds. The van der Waals surface area contributed by atoms with Gasteiger partial charge in [-0.15, -0.1) is 0 Å². The van der Waals surface area contributed by atoms with Gasteiger partial charge in [0, 0.05) is 18.5 Å². The van der Waals surface area contributed by atoms with E-state index in [1.807, 2.05) is 83.4 Å². The van der Waals surface area contributed by atoms with Crippen LogP contribution < -0.4 is 11.7 Å². The highest BCUT2D eigenvalue weighted by molar-refractivity contribution is 6.31. The van der Waals surface area contributed by atoms with Gasteiger partial charge >= 0.3 is 0 Å². The Labute approximate surface area is 292 Å². The molecule has 0 radical (unpaired) electrons. The monoisotopic (exact) mass is 666 g/mol. The summed E-state index contributed by atoms with van der Waals surface area (Å²) in [5.41, 5.74) is 5.98. The van der Waals surface area contributed by atoms with E-state index in [1.54, 1.807) is 5.01 Å². The first kappa shape index (κ1) is 33.4. The van der Waals surface area contributed by atoms with Gasteiger partial charge in [-0.2, -0.15) is 5.10 Å². The molecule has 5 aromatic carbocycles. The summed E-state index contributed by atoms with van der Waals surface area (Å²) in [5, 5.41) is 6.31. The Hall–Kier alpha value is -5.50. The third-order valence-electron chi connectivity index (χ3n) is 8.97. The summed E-state index contributed by atoms with van der Waals surface area (Å²) in [6, 6.07) is 46.8. The minimum Gasteiger partial charge on any atom is -0.321 e. The maximum atomic E-state index is 11.9. The number of aldehydes is 1. The molecular weight excluding hydrogens is 628 g/mol. The number of carbonyl (C=O) groups is 1. The third-order valence-corrected chi connectivity index (χ3v) is 9.24. The SMILES string of the molecule is CCCCc1nc(Cl)c(C=O)n1Cc1ccc(-c2ccccc2/C(=N/N)N(N)C(c2ccccc2)(c2ccccc2)c2ccccc2)cc1. The predicted octanol–water partition coefficient (Wildman–Crippen LogP) is 8.20. The van der Waals surface area contributed by atoms with Gasteiger partial charge in [0.05, 0.1) is 0 Å². The average Bonchev–Trinajstić information content (AvgIpc) is 3.46. The molecule has 0 saturated carbocycles. The Morgan fingerprint density at radius 3 is 1.86 bits per heavy atom. The van der Waals surface area contributed by atoms with Gasteiger partial charge in [0.1, 0.15) is 17.1 Å². The molecule has 0 saturated heterocycles. The topological polar surface area (TPSA) is 103 Å². The zero-order chi connectivity index (χ0) is 34.2. The second-order valence-corrected chi connectivity index (χ2v) is 12.2. The van der Waals surface area contributed by atoms with E-state index < -0.39 is 5.54 Å². The molecule has 0 bridgehead atoms. The zero-order valence-electron chi connectivity index (χ0n) is 27.4. The number of imidazole rings is 1. The van der Waals surface area contributed by atoms with Crippen LogP contribution in [0.3, 0.4) is 0 Å². The summed E-state index contributed by atoms with van der Waals surface area (Å²) in [7, 11) is 0. The Balaban J connectivity index is 1.42. The van der Waals surface area contributed by atoms with E-state index in [4.69, 9.17) is 23.3 Å². The first-order valence-electron chi connectivity index (χ1n) is 16.4. The van der Waals surface area contributed by atoms with Crippen molar-refractivity contribution in [3.63, 3.8) is 0 Å². The number of unbranched alkanes of at least 4 members (excludes halogenated alkanes) is 1. The highest BCUT2D eigenvalue weighted by Crippen LogP contribution is 2.42. The lowest BCUT2D eigenvalue weighted by Crippen LogP contribution is -2.55. The van der Waals surface area contributed by atoms with Gasteiger partial charge < -0.3 is 10.4 Å². The molecule has 0 unspecified atom stereocenters. The molecule has 0 aliphatic carbocycles. The summed E-state index contributed by atoms with van der Waals surface area (Å²) in [4.78, 5) is 16.4. The number of carbonyl (C=O) groups excluding carboxylic acids is 1. The standard InChI is InChI=1S/C41H39ClN6O/c1-2-3-23-38-45-39(42)37(29-49)47(38)28-30-24-26-31(27-25-30)35-21-13-14-22-36(35)40(46-43)48(44)41(32-15-7-4-8-16-32,33-17-9-5-10-18-33)34-19-11-6-12-20-34/h4-22,24-27,29H,2-3,23,28,43-44H2,1H3/b46-40-. The fourth-order valence-electron chi connectivity index (χ4n) is 6.57. The van der Waals surface area contributed by atoms with Gasteiger partial charge in [0.25, 0.3) is 0 Å². The van der Waals surface area contributed by atoms with E-state index in [0.717, 1.165) is 70.3 Å². The molecule has 1 heterocycles. The van der Waals surface area contributed by atoms with Crippen LogP contribution in [-0.4, -0.2) is 26.7 Å². The van der Waals surface area contributed by atoms with Gasteiger partial charge in [-0.3, -0.25) is 9.80 Å². The van der Waals surface area contributed by atoms with Crippen LogP contribution in [0.5, 0.6) is 0 Å². The molecule has 8 heteroatoms. The van der Waals surface area contributed by atoms with Crippen LogP contribution in [0.15, 0.2) is 145 Å². The third kappa shape index (κ3) is 6.51. The number of hydrogen-bond acceptors (Lipinski definition) is 5. The van der Waals surface area contributed by atoms with E-state index >= 15 is 0 Å². The van der Waals surface area contributed by atoms with E-state index in [1.165, 1.54) is 0 Å². The molecule has 0 fully saturated rings. The lowest BCUT2D eigenvalue weighted by Gasteiger charge is -2.44. The molecule has 49 heavy (non-hydrogen) atoms. The van der Waals surface area contributed by atoms with E-state index in [9.17, 15) is 4.79 Å². The predicted molar refractivity (Wildman–Crippen MR) is 198 cm³/mol. The summed E-state index contributed by atoms with van der Waals surface area (Å²) in [6.07, 6.45) is 3.52. The fraction of sp³-hybridized carbons (Fsp3) is 0.146. The van der Waals surface area contributed by atoms with Crippen molar-refractivity contribution in [2.24, 2.45) is 16.8 Å².